The number of benzene rings is 2. The first kappa shape index (κ1) is 21.8. The van der Waals surface area contributed by atoms with Crippen LogP contribution in [0.1, 0.15) is 22.8 Å². The van der Waals surface area contributed by atoms with Crippen LogP contribution < -0.4 is 5.32 Å². The van der Waals surface area contributed by atoms with Crippen molar-refractivity contribution in [2.24, 2.45) is 0 Å². The summed E-state index contributed by atoms with van der Waals surface area (Å²) in [6.07, 6.45) is -6.95. The summed E-state index contributed by atoms with van der Waals surface area (Å²) >= 11 is 0. The van der Waals surface area contributed by atoms with Crippen LogP contribution in [0.3, 0.4) is 0 Å². The van der Waals surface area contributed by atoms with Crippen molar-refractivity contribution in [3.63, 3.8) is 0 Å². The Bertz CT molecular complexity index is 915. The standard InChI is InChI=1S/C18H15F3N2O6/c19-18(20,21)12-7-5-10(6-8-12)15(24)16(25)22-13(17(26)27)9-11-3-1-2-4-14(11)23(28)29/h1-8,13,15,24H,9H2,(H,22,25)(H,26,27)/t13-,15+/m0/s1. The van der Waals surface area contributed by atoms with Crippen molar-refractivity contribution in [3.05, 3.63) is 75.3 Å². The fraction of sp³-hybridized carbons (Fsp3) is 0.222. The van der Waals surface area contributed by atoms with Crippen LogP contribution in [0.2, 0.25) is 0 Å². The number of carboxylic acids is 1. The van der Waals surface area contributed by atoms with Crippen LogP contribution >= 0.6 is 0 Å². The maximum atomic E-state index is 12.6. The monoisotopic (exact) mass is 412 g/mol. The number of carboxylic acid groups (broad SMARTS) is 1. The lowest BCUT2D eigenvalue weighted by Gasteiger charge is -2.18. The fourth-order valence-corrected chi connectivity index (χ4v) is 2.54. The molecular formula is C18H15F3N2O6. The van der Waals surface area contributed by atoms with E-state index in [4.69, 9.17) is 0 Å². The summed E-state index contributed by atoms with van der Waals surface area (Å²) < 4.78 is 37.7. The predicted molar refractivity (Wildman–Crippen MR) is 92.8 cm³/mol. The van der Waals surface area contributed by atoms with Crippen LogP contribution in [0.15, 0.2) is 48.5 Å². The van der Waals surface area contributed by atoms with Crippen LogP contribution in [0, 0.1) is 10.1 Å². The van der Waals surface area contributed by atoms with Gasteiger partial charge in [-0.1, -0.05) is 30.3 Å². The van der Waals surface area contributed by atoms with E-state index in [0.717, 1.165) is 12.1 Å². The molecule has 0 bridgehead atoms. The normalized spacial score (nSPS) is 13.4. The van der Waals surface area contributed by atoms with Gasteiger partial charge in [0.05, 0.1) is 10.5 Å². The minimum absolute atomic E-state index is 0.0502. The van der Waals surface area contributed by atoms with Gasteiger partial charge in [-0.05, 0) is 17.7 Å². The first-order valence-corrected chi connectivity index (χ1v) is 8.11. The zero-order valence-corrected chi connectivity index (χ0v) is 14.6. The van der Waals surface area contributed by atoms with Crippen molar-refractivity contribution >= 4 is 17.6 Å². The third-order valence-corrected chi connectivity index (χ3v) is 4.03. The lowest BCUT2D eigenvalue weighted by atomic mass is 10.0. The molecule has 11 heteroatoms. The van der Waals surface area contributed by atoms with E-state index in [9.17, 15) is 43.1 Å². The van der Waals surface area contributed by atoms with E-state index in [1.807, 2.05) is 5.32 Å². The number of aliphatic hydroxyl groups is 1. The molecule has 2 aromatic carbocycles. The van der Waals surface area contributed by atoms with Crippen LogP contribution in [-0.4, -0.2) is 33.1 Å². The maximum Gasteiger partial charge on any atom is 0.416 e. The highest BCUT2D eigenvalue weighted by molar-refractivity contribution is 5.87. The van der Waals surface area contributed by atoms with Gasteiger partial charge in [0.1, 0.15) is 6.04 Å². The number of nitrogens with zero attached hydrogens (tertiary/aromatic N) is 1. The molecule has 0 unspecified atom stereocenters. The number of aliphatic carboxylic acids is 1. The van der Waals surface area contributed by atoms with E-state index in [2.05, 4.69) is 0 Å². The van der Waals surface area contributed by atoms with E-state index in [0.29, 0.717) is 12.1 Å². The van der Waals surface area contributed by atoms with Gasteiger partial charge in [-0.2, -0.15) is 13.2 Å². The molecule has 8 nitrogen and oxygen atoms in total. The summed E-state index contributed by atoms with van der Waals surface area (Å²) in [6.45, 7) is 0. The summed E-state index contributed by atoms with van der Waals surface area (Å²) in [5.41, 5.74) is -1.44. The summed E-state index contributed by atoms with van der Waals surface area (Å²) in [4.78, 5) is 33.9. The number of hydrogen-bond acceptors (Lipinski definition) is 5. The number of nitro benzene ring substituents is 1. The molecule has 0 fully saturated rings. The largest absolute Gasteiger partial charge is 0.480 e. The van der Waals surface area contributed by atoms with Gasteiger partial charge in [0.2, 0.25) is 0 Å². The van der Waals surface area contributed by atoms with Crippen LogP contribution in [0.25, 0.3) is 0 Å². The average Bonchev–Trinajstić information content (AvgIpc) is 2.66. The van der Waals surface area contributed by atoms with Crippen molar-refractivity contribution in [1.29, 1.82) is 0 Å². The fourth-order valence-electron chi connectivity index (χ4n) is 2.54. The Balaban J connectivity index is 2.15. The summed E-state index contributed by atoms with van der Waals surface area (Å²) in [5.74, 6) is -2.67. The molecule has 0 saturated heterocycles. The topological polar surface area (TPSA) is 130 Å². The quantitative estimate of drug-likeness (QED) is 0.473. The van der Waals surface area contributed by atoms with Gasteiger partial charge in [0.15, 0.2) is 6.10 Å². The smallest absolute Gasteiger partial charge is 0.416 e. The Morgan fingerprint density at radius 1 is 1.10 bits per heavy atom. The number of amides is 1. The van der Waals surface area contributed by atoms with Gasteiger partial charge in [-0.15, -0.1) is 0 Å². The molecule has 0 spiro atoms. The predicted octanol–water partition coefficient (Wildman–Crippen LogP) is 2.46. The molecule has 0 aromatic heterocycles. The second-order valence-corrected chi connectivity index (χ2v) is 6.01. The third kappa shape index (κ3) is 5.51. The molecule has 0 aliphatic rings. The minimum Gasteiger partial charge on any atom is -0.480 e. The number of halogens is 3. The number of carbonyl (C=O) groups excluding carboxylic acids is 1. The second kappa shape index (κ2) is 8.69. The van der Waals surface area contributed by atoms with Crippen molar-refractivity contribution < 1.29 is 37.9 Å². The highest BCUT2D eigenvalue weighted by atomic mass is 19.4. The minimum atomic E-state index is -4.59. The molecule has 2 aromatic rings. The second-order valence-electron chi connectivity index (χ2n) is 6.01. The molecule has 29 heavy (non-hydrogen) atoms. The molecule has 1 amide bonds. The zero-order valence-electron chi connectivity index (χ0n) is 14.6. The molecule has 0 radical (unpaired) electrons. The Hall–Kier alpha value is -3.47. The number of alkyl halides is 3. The maximum absolute atomic E-state index is 12.6. The number of carbonyl (C=O) groups is 2. The number of nitrogens with one attached hydrogen (secondary N) is 1. The van der Waals surface area contributed by atoms with Crippen molar-refractivity contribution in [1.82, 2.24) is 5.32 Å². The summed E-state index contributed by atoms with van der Waals surface area (Å²) in [7, 11) is 0. The van der Waals surface area contributed by atoms with E-state index in [1.165, 1.54) is 24.3 Å². The average molecular weight is 412 g/mol. The first-order chi connectivity index (χ1) is 13.5. The van der Waals surface area contributed by atoms with Gasteiger partial charge in [0, 0.05) is 18.1 Å². The molecule has 2 rings (SSSR count). The van der Waals surface area contributed by atoms with Crippen molar-refractivity contribution in [2.75, 3.05) is 0 Å². The number of aliphatic hydroxyl groups excluding tert-OH is 1. The Morgan fingerprint density at radius 3 is 2.21 bits per heavy atom. The molecule has 0 aliphatic carbocycles. The lowest BCUT2D eigenvalue weighted by molar-refractivity contribution is -0.385. The van der Waals surface area contributed by atoms with E-state index in [-0.39, 0.29) is 16.8 Å². The Kier molecular flexibility index (Phi) is 6.54. The molecular weight excluding hydrogens is 397 g/mol. The van der Waals surface area contributed by atoms with Gasteiger partial charge in [-0.3, -0.25) is 14.9 Å². The van der Waals surface area contributed by atoms with Gasteiger partial charge >= 0.3 is 12.1 Å². The molecule has 154 valence electrons. The number of rotatable bonds is 7. The van der Waals surface area contributed by atoms with Crippen LogP contribution in [0.5, 0.6) is 0 Å². The van der Waals surface area contributed by atoms with E-state index in [1.54, 1.807) is 0 Å². The molecule has 0 aliphatic heterocycles. The van der Waals surface area contributed by atoms with E-state index < -0.39 is 47.1 Å². The zero-order chi connectivity index (χ0) is 21.8. The van der Waals surface area contributed by atoms with Gasteiger partial charge < -0.3 is 15.5 Å². The molecule has 0 heterocycles. The summed E-state index contributed by atoms with van der Waals surface area (Å²) in [5, 5.41) is 32.4. The molecule has 3 N–H and O–H groups in total. The van der Waals surface area contributed by atoms with E-state index >= 15 is 0 Å². The number of nitro groups is 1. The van der Waals surface area contributed by atoms with Gasteiger partial charge in [0.25, 0.3) is 11.6 Å². The van der Waals surface area contributed by atoms with Crippen molar-refractivity contribution in [3.8, 4) is 0 Å². The number of hydrogen-bond donors (Lipinski definition) is 3. The highest BCUT2D eigenvalue weighted by Gasteiger charge is 2.31. The SMILES string of the molecule is O=C(O)[C@H](Cc1ccccc1[N+](=O)[O-])NC(=O)[C@H](O)c1ccc(C(F)(F)F)cc1. The van der Waals surface area contributed by atoms with Crippen molar-refractivity contribution in [2.45, 2.75) is 24.7 Å². The molecule has 2 atom stereocenters. The highest BCUT2D eigenvalue weighted by Crippen LogP contribution is 2.30. The lowest BCUT2D eigenvalue weighted by Crippen LogP contribution is -2.44. The Labute approximate surface area is 161 Å². The Morgan fingerprint density at radius 2 is 1.69 bits per heavy atom. The third-order valence-electron chi connectivity index (χ3n) is 4.03. The van der Waals surface area contributed by atoms with Crippen LogP contribution in [0.4, 0.5) is 18.9 Å². The van der Waals surface area contributed by atoms with Gasteiger partial charge in [-0.25, -0.2) is 4.79 Å². The van der Waals surface area contributed by atoms with Crippen LogP contribution in [-0.2, 0) is 22.2 Å². The first-order valence-electron chi connectivity index (χ1n) is 8.11. The number of para-hydroxylation sites is 1. The summed E-state index contributed by atoms with van der Waals surface area (Å²) in [6, 6.07) is 6.88. The molecule has 0 saturated carbocycles.